The van der Waals surface area contributed by atoms with E-state index in [9.17, 15) is 17.6 Å². The first-order chi connectivity index (χ1) is 11.8. The predicted molar refractivity (Wildman–Crippen MR) is 90.9 cm³/mol. The topological polar surface area (TPSA) is 28.7 Å². The Morgan fingerprint density at radius 1 is 1.00 bits per heavy atom. The summed E-state index contributed by atoms with van der Waals surface area (Å²) >= 11 is 1.54. The minimum Gasteiger partial charge on any atom is -0.334 e. The highest BCUT2D eigenvalue weighted by molar-refractivity contribution is 7.98. The van der Waals surface area contributed by atoms with E-state index >= 15 is 0 Å². The Balaban J connectivity index is 2.18. The molecule has 0 atom stereocenters. The number of alkyl halides is 3. The van der Waals surface area contributed by atoms with Crippen molar-refractivity contribution in [1.29, 1.82) is 0 Å². The molecule has 2 aromatic carbocycles. The molecular formula is C18H14F4N2S. The van der Waals surface area contributed by atoms with Gasteiger partial charge in [-0.1, -0.05) is 12.1 Å². The van der Waals surface area contributed by atoms with E-state index in [1.165, 1.54) is 30.0 Å². The maximum atomic E-state index is 13.5. The number of benzene rings is 2. The zero-order chi connectivity index (χ0) is 18.2. The van der Waals surface area contributed by atoms with Crippen LogP contribution in [0.25, 0.3) is 22.5 Å². The van der Waals surface area contributed by atoms with Crippen LogP contribution in [0.5, 0.6) is 0 Å². The second kappa shape index (κ2) is 6.55. The summed E-state index contributed by atoms with van der Waals surface area (Å²) in [5, 5.41) is 0. The van der Waals surface area contributed by atoms with Crippen molar-refractivity contribution >= 4 is 11.8 Å². The number of nitrogens with zero attached hydrogens (tertiary/aromatic N) is 1. The van der Waals surface area contributed by atoms with Crippen LogP contribution >= 0.6 is 11.8 Å². The van der Waals surface area contributed by atoms with Gasteiger partial charge in [0, 0.05) is 16.0 Å². The van der Waals surface area contributed by atoms with Crippen LogP contribution in [0, 0.1) is 12.7 Å². The van der Waals surface area contributed by atoms with Crippen LogP contribution in [0.2, 0.25) is 0 Å². The molecule has 0 aliphatic carbocycles. The summed E-state index contributed by atoms with van der Waals surface area (Å²) in [6.45, 7) is 1.56. The van der Waals surface area contributed by atoms with E-state index in [1.54, 1.807) is 19.1 Å². The average molecular weight is 366 g/mol. The summed E-state index contributed by atoms with van der Waals surface area (Å²) in [5.74, 6) is -1.49. The van der Waals surface area contributed by atoms with Crippen LogP contribution in [0.4, 0.5) is 17.6 Å². The first kappa shape index (κ1) is 17.5. The second-order valence-electron chi connectivity index (χ2n) is 5.50. The molecule has 25 heavy (non-hydrogen) atoms. The van der Waals surface area contributed by atoms with Gasteiger partial charge in [-0.2, -0.15) is 13.2 Å². The van der Waals surface area contributed by atoms with Crippen LogP contribution in [0.1, 0.15) is 11.4 Å². The van der Waals surface area contributed by atoms with Gasteiger partial charge in [-0.25, -0.2) is 9.37 Å². The quantitative estimate of drug-likeness (QED) is 0.460. The number of aromatic nitrogens is 2. The molecule has 0 saturated carbocycles. The average Bonchev–Trinajstić information content (AvgIpc) is 3.03. The molecule has 130 valence electrons. The number of thioether (sulfide) groups is 1. The minimum absolute atomic E-state index is 0.146. The molecule has 3 rings (SSSR count). The third-order valence-electron chi connectivity index (χ3n) is 3.78. The number of halogens is 4. The van der Waals surface area contributed by atoms with Crippen molar-refractivity contribution in [2.24, 2.45) is 0 Å². The summed E-state index contributed by atoms with van der Waals surface area (Å²) in [6.07, 6.45) is -2.68. The second-order valence-corrected chi connectivity index (χ2v) is 6.38. The molecule has 1 N–H and O–H groups in total. The smallest absolute Gasteiger partial charge is 0.334 e. The lowest BCUT2D eigenvalue weighted by Gasteiger charge is -2.06. The Morgan fingerprint density at radius 3 is 2.20 bits per heavy atom. The molecule has 0 amide bonds. The summed E-state index contributed by atoms with van der Waals surface area (Å²) in [6, 6.07) is 11.3. The zero-order valence-electron chi connectivity index (χ0n) is 13.4. The van der Waals surface area contributed by atoms with E-state index in [0.717, 1.165) is 4.90 Å². The van der Waals surface area contributed by atoms with Crippen molar-refractivity contribution in [2.45, 2.75) is 18.0 Å². The summed E-state index contributed by atoms with van der Waals surface area (Å²) in [4.78, 5) is 7.10. The van der Waals surface area contributed by atoms with Gasteiger partial charge in [0.15, 0.2) is 0 Å². The van der Waals surface area contributed by atoms with Gasteiger partial charge in [0.1, 0.15) is 5.82 Å². The summed E-state index contributed by atoms with van der Waals surface area (Å²) < 4.78 is 52.9. The fourth-order valence-corrected chi connectivity index (χ4v) is 2.88. The Labute approximate surface area is 146 Å². The Hall–Kier alpha value is -2.28. The van der Waals surface area contributed by atoms with Gasteiger partial charge in [-0.15, -0.1) is 11.8 Å². The molecule has 1 aromatic heterocycles. The van der Waals surface area contributed by atoms with Gasteiger partial charge in [-0.3, -0.25) is 0 Å². The van der Waals surface area contributed by atoms with Crippen molar-refractivity contribution in [2.75, 3.05) is 6.26 Å². The standard InChI is InChI=1S/C18H14F4N2S/c1-10-9-12(5-8-14(10)19)16-15(23-17(24-16)18(20,21)22)11-3-6-13(25-2)7-4-11/h3-9H,1-2H3,(H,23,24). The highest BCUT2D eigenvalue weighted by Crippen LogP contribution is 2.36. The number of hydrogen-bond donors (Lipinski definition) is 1. The lowest BCUT2D eigenvalue weighted by Crippen LogP contribution is -2.07. The predicted octanol–water partition coefficient (Wildman–Crippen LogP) is 5.93. The third kappa shape index (κ3) is 3.56. The fourth-order valence-electron chi connectivity index (χ4n) is 2.47. The number of aryl methyl sites for hydroxylation is 1. The molecule has 0 aliphatic heterocycles. The summed E-state index contributed by atoms with van der Waals surface area (Å²) in [7, 11) is 0. The van der Waals surface area contributed by atoms with Crippen LogP contribution in [0.15, 0.2) is 47.4 Å². The van der Waals surface area contributed by atoms with Crippen molar-refractivity contribution in [3.05, 3.63) is 59.7 Å². The highest BCUT2D eigenvalue weighted by Gasteiger charge is 2.36. The number of imidazole rings is 1. The molecule has 0 bridgehead atoms. The zero-order valence-corrected chi connectivity index (χ0v) is 14.2. The molecule has 3 aromatic rings. The number of nitrogens with one attached hydrogen (secondary N) is 1. The van der Waals surface area contributed by atoms with Crippen molar-refractivity contribution < 1.29 is 17.6 Å². The lowest BCUT2D eigenvalue weighted by molar-refractivity contribution is -0.144. The Kier molecular flexibility index (Phi) is 4.60. The first-order valence-electron chi connectivity index (χ1n) is 7.37. The third-order valence-corrected chi connectivity index (χ3v) is 4.53. The number of aromatic amines is 1. The lowest BCUT2D eigenvalue weighted by atomic mass is 10.0. The molecule has 2 nitrogen and oxygen atoms in total. The van der Waals surface area contributed by atoms with Crippen molar-refractivity contribution in [3.63, 3.8) is 0 Å². The molecule has 7 heteroatoms. The van der Waals surface area contributed by atoms with Gasteiger partial charge in [0.2, 0.25) is 5.82 Å². The van der Waals surface area contributed by atoms with E-state index in [2.05, 4.69) is 9.97 Å². The van der Waals surface area contributed by atoms with Crippen molar-refractivity contribution in [3.8, 4) is 22.5 Å². The molecular weight excluding hydrogens is 352 g/mol. The van der Waals surface area contributed by atoms with Gasteiger partial charge in [-0.05, 0) is 49.1 Å². The maximum Gasteiger partial charge on any atom is 0.449 e. The molecule has 0 unspecified atom stereocenters. The van der Waals surface area contributed by atoms with E-state index in [1.807, 2.05) is 18.4 Å². The number of hydrogen-bond acceptors (Lipinski definition) is 2. The monoisotopic (exact) mass is 366 g/mol. The SMILES string of the molecule is CSc1ccc(-c2[nH]c(C(F)(F)F)nc2-c2ccc(F)c(C)c2)cc1. The minimum atomic E-state index is -4.60. The number of rotatable bonds is 3. The highest BCUT2D eigenvalue weighted by atomic mass is 32.2. The summed E-state index contributed by atoms with van der Waals surface area (Å²) in [5.41, 5.74) is 1.75. The Morgan fingerprint density at radius 2 is 1.64 bits per heavy atom. The van der Waals surface area contributed by atoms with E-state index < -0.39 is 17.8 Å². The van der Waals surface area contributed by atoms with Gasteiger partial charge in [0.25, 0.3) is 0 Å². The normalized spacial score (nSPS) is 11.8. The molecule has 0 aliphatic rings. The molecule has 0 saturated heterocycles. The van der Waals surface area contributed by atoms with Crippen LogP contribution in [0.3, 0.4) is 0 Å². The fraction of sp³-hybridized carbons (Fsp3) is 0.167. The largest absolute Gasteiger partial charge is 0.449 e. The van der Waals surface area contributed by atoms with Crippen LogP contribution in [-0.4, -0.2) is 16.2 Å². The first-order valence-corrected chi connectivity index (χ1v) is 8.60. The van der Waals surface area contributed by atoms with E-state index in [-0.39, 0.29) is 11.4 Å². The van der Waals surface area contributed by atoms with Crippen LogP contribution in [-0.2, 0) is 6.18 Å². The molecule has 0 spiro atoms. The van der Waals surface area contributed by atoms with Crippen molar-refractivity contribution in [1.82, 2.24) is 9.97 Å². The van der Waals surface area contributed by atoms with Gasteiger partial charge < -0.3 is 4.98 Å². The van der Waals surface area contributed by atoms with Gasteiger partial charge >= 0.3 is 6.18 Å². The van der Waals surface area contributed by atoms with E-state index in [0.29, 0.717) is 16.7 Å². The van der Waals surface area contributed by atoms with Crippen LogP contribution < -0.4 is 0 Å². The maximum absolute atomic E-state index is 13.5. The molecule has 0 fully saturated rings. The van der Waals surface area contributed by atoms with Gasteiger partial charge in [0.05, 0.1) is 11.4 Å². The van der Waals surface area contributed by atoms with E-state index in [4.69, 9.17) is 0 Å². The number of H-pyrrole nitrogens is 1. The molecule has 0 radical (unpaired) electrons. The Bertz CT molecular complexity index is 898. The molecule has 1 heterocycles.